The number of aliphatic hydroxyl groups is 1. The van der Waals surface area contributed by atoms with E-state index >= 15 is 0 Å². The molecule has 2 aromatic rings. The third kappa shape index (κ3) is 4.22. The van der Waals surface area contributed by atoms with Crippen LogP contribution in [0.25, 0.3) is 0 Å². The van der Waals surface area contributed by atoms with Gasteiger partial charge in [0.05, 0.1) is 29.3 Å². The molecule has 2 aromatic carbocycles. The molecule has 0 radical (unpaired) electrons. The topological polar surface area (TPSA) is 70.8 Å². The molecule has 5 rings (SSSR count). The van der Waals surface area contributed by atoms with Gasteiger partial charge >= 0.3 is 6.03 Å². The molecule has 3 aliphatic rings. The first-order valence-corrected chi connectivity index (χ1v) is 12.8. The first-order chi connectivity index (χ1) is 16.8. The van der Waals surface area contributed by atoms with Crippen molar-refractivity contribution >= 4 is 6.03 Å². The largest absolute Gasteiger partial charge is 0.388 e. The minimum atomic E-state index is -0.755. The maximum Gasteiger partial charge on any atom is 0.321 e. The van der Waals surface area contributed by atoms with E-state index in [1.807, 2.05) is 28.0 Å². The van der Waals surface area contributed by atoms with E-state index in [4.69, 9.17) is 0 Å². The summed E-state index contributed by atoms with van der Waals surface area (Å²) >= 11 is 0. The molecule has 184 valence electrons. The number of carbonyl (C=O) groups excluding carboxylic acids is 1. The number of urea groups is 1. The highest BCUT2D eigenvalue weighted by atomic mass is 16.3. The van der Waals surface area contributed by atoms with Crippen molar-refractivity contribution in [3.8, 4) is 6.07 Å². The summed E-state index contributed by atoms with van der Waals surface area (Å²) in [6.07, 6.45) is 6.28. The zero-order valence-electron chi connectivity index (χ0n) is 20.9. The number of hydrogen-bond acceptors (Lipinski definition) is 4. The van der Waals surface area contributed by atoms with Gasteiger partial charge in [-0.2, -0.15) is 5.26 Å². The first kappa shape index (κ1) is 23.8. The quantitative estimate of drug-likeness (QED) is 0.673. The van der Waals surface area contributed by atoms with E-state index in [9.17, 15) is 15.2 Å². The number of nitriles is 1. The Morgan fingerprint density at radius 2 is 1.71 bits per heavy atom. The Morgan fingerprint density at radius 1 is 1.00 bits per heavy atom. The normalized spacial score (nSPS) is 27.8. The van der Waals surface area contributed by atoms with Crippen molar-refractivity contribution in [1.82, 2.24) is 14.7 Å². The van der Waals surface area contributed by atoms with Gasteiger partial charge in [0.25, 0.3) is 0 Å². The Labute approximate surface area is 208 Å². The van der Waals surface area contributed by atoms with Crippen LogP contribution in [-0.4, -0.2) is 64.2 Å². The summed E-state index contributed by atoms with van der Waals surface area (Å²) in [6, 6.07) is 20.5. The van der Waals surface area contributed by atoms with Crippen LogP contribution in [0.15, 0.2) is 54.6 Å². The lowest BCUT2D eigenvalue weighted by molar-refractivity contribution is -0.0725. The number of hydrogen-bond donors (Lipinski definition) is 1. The van der Waals surface area contributed by atoms with Gasteiger partial charge in [-0.05, 0) is 82.3 Å². The van der Waals surface area contributed by atoms with Gasteiger partial charge in [0, 0.05) is 18.6 Å². The van der Waals surface area contributed by atoms with Gasteiger partial charge in [0.1, 0.15) is 0 Å². The maximum atomic E-state index is 13.8. The van der Waals surface area contributed by atoms with Gasteiger partial charge in [0.2, 0.25) is 0 Å². The molecular formula is C29H36N4O2. The summed E-state index contributed by atoms with van der Waals surface area (Å²) < 4.78 is 0. The first-order valence-electron chi connectivity index (χ1n) is 12.8. The van der Waals surface area contributed by atoms with E-state index in [1.165, 1.54) is 5.56 Å². The molecule has 1 aliphatic heterocycles. The fourth-order valence-electron chi connectivity index (χ4n) is 6.54. The fraction of sp³-hybridized carbons (Fsp3) is 0.517. The lowest BCUT2D eigenvalue weighted by Crippen LogP contribution is -2.59. The van der Waals surface area contributed by atoms with Crippen molar-refractivity contribution in [3.05, 3.63) is 71.3 Å². The van der Waals surface area contributed by atoms with Crippen molar-refractivity contribution in [2.75, 3.05) is 27.2 Å². The maximum absolute atomic E-state index is 13.8. The Balaban J connectivity index is 1.42. The van der Waals surface area contributed by atoms with E-state index in [2.05, 4.69) is 55.4 Å². The summed E-state index contributed by atoms with van der Waals surface area (Å²) in [5.41, 5.74) is 1.83. The Morgan fingerprint density at radius 3 is 2.31 bits per heavy atom. The highest BCUT2D eigenvalue weighted by molar-refractivity contribution is 5.78. The van der Waals surface area contributed by atoms with Crippen molar-refractivity contribution < 1.29 is 9.90 Å². The lowest BCUT2D eigenvalue weighted by atomic mass is 9.67. The summed E-state index contributed by atoms with van der Waals surface area (Å²) in [5, 5.41) is 20.4. The van der Waals surface area contributed by atoms with E-state index in [0.29, 0.717) is 25.2 Å². The molecule has 0 bridgehead atoms. The van der Waals surface area contributed by atoms with E-state index < -0.39 is 5.60 Å². The molecule has 1 spiro atoms. The van der Waals surface area contributed by atoms with Crippen molar-refractivity contribution in [3.63, 3.8) is 0 Å². The second-order valence-electron chi connectivity index (χ2n) is 11.1. The third-order valence-electron chi connectivity index (χ3n) is 8.90. The van der Waals surface area contributed by atoms with Crippen molar-refractivity contribution in [2.24, 2.45) is 0 Å². The Kier molecular flexibility index (Phi) is 6.11. The molecule has 6 nitrogen and oxygen atoms in total. The zero-order chi connectivity index (χ0) is 24.7. The summed E-state index contributed by atoms with van der Waals surface area (Å²) in [7, 11) is 4.32. The second-order valence-corrected chi connectivity index (χ2v) is 11.1. The number of amides is 2. The number of β-amino-alcohol motifs (C(OH)–C–C–N with tert-alkyl or cyclic N) is 1. The second kappa shape index (κ2) is 8.96. The number of nitrogens with zero attached hydrogens (tertiary/aromatic N) is 4. The molecule has 2 saturated carbocycles. The van der Waals surface area contributed by atoms with Crippen LogP contribution in [0.4, 0.5) is 4.79 Å². The number of carbonyl (C=O) groups is 1. The van der Waals surface area contributed by atoms with Crippen LogP contribution in [0.2, 0.25) is 0 Å². The van der Waals surface area contributed by atoms with Crippen LogP contribution in [-0.2, 0) is 12.1 Å². The zero-order valence-corrected chi connectivity index (χ0v) is 20.9. The summed E-state index contributed by atoms with van der Waals surface area (Å²) in [4.78, 5) is 20.1. The molecule has 1 N–H and O–H groups in total. The smallest absolute Gasteiger partial charge is 0.321 e. The molecule has 6 heteroatoms. The van der Waals surface area contributed by atoms with Gasteiger partial charge in [-0.3, -0.25) is 4.90 Å². The molecule has 1 saturated heterocycles. The molecule has 0 atom stereocenters. The van der Waals surface area contributed by atoms with Crippen LogP contribution in [0.3, 0.4) is 0 Å². The van der Waals surface area contributed by atoms with E-state index in [1.54, 1.807) is 6.07 Å². The summed E-state index contributed by atoms with van der Waals surface area (Å²) in [5.74, 6) is 0. The van der Waals surface area contributed by atoms with Crippen molar-refractivity contribution in [1.29, 1.82) is 5.26 Å². The van der Waals surface area contributed by atoms with Crippen LogP contribution in [0.5, 0.6) is 0 Å². The average molecular weight is 473 g/mol. The summed E-state index contributed by atoms with van der Waals surface area (Å²) in [6.45, 7) is 1.57. The number of rotatable bonds is 6. The molecular weight excluding hydrogens is 436 g/mol. The van der Waals surface area contributed by atoms with Gasteiger partial charge in [-0.25, -0.2) is 4.79 Å². The van der Waals surface area contributed by atoms with Gasteiger partial charge in [-0.15, -0.1) is 0 Å². The highest BCUT2D eigenvalue weighted by Gasteiger charge is 2.56. The Bertz CT molecular complexity index is 1110. The molecule has 3 fully saturated rings. The third-order valence-corrected chi connectivity index (χ3v) is 8.90. The fourth-order valence-corrected chi connectivity index (χ4v) is 6.54. The van der Waals surface area contributed by atoms with Gasteiger partial charge < -0.3 is 14.9 Å². The molecule has 2 aliphatic carbocycles. The molecule has 0 aromatic heterocycles. The lowest BCUT2D eigenvalue weighted by Gasteiger charge is -2.52. The monoisotopic (exact) mass is 472 g/mol. The van der Waals surface area contributed by atoms with Crippen molar-refractivity contribution in [2.45, 2.75) is 68.2 Å². The molecule has 0 unspecified atom stereocenters. The van der Waals surface area contributed by atoms with Crippen LogP contribution < -0.4 is 0 Å². The van der Waals surface area contributed by atoms with Gasteiger partial charge in [0.15, 0.2) is 0 Å². The van der Waals surface area contributed by atoms with E-state index in [-0.39, 0.29) is 17.1 Å². The standard InChI is InChI=1S/C29H36N4O2/c1-31(2)29(25-10-4-3-5-11-25)16-14-27(15-17-29)21-32(20-24-9-6-8-23(18-24)19-30)26(34)33(27)22-28(35)12-7-13-28/h3-6,8-11,18,35H,7,12-17,20-22H2,1-2H3/t27-,29-. The molecule has 35 heavy (non-hydrogen) atoms. The van der Waals surface area contributed by atoms with Gasteiger partial charge in [-0.1, -0.05) is 42.5 Å². The van der Waals surface area contributed by atoms with E-state index in [0.717, 1.165) is 50.5 Å². The minimum Gasteiger partial charge on any atom is -0.388 e. The number of benzene rings is 2. The molecule has 1 heterocycles. The minimum absolute atomic E-state index is 0.0183. The van der Waals surface area contributed by atoms with Crippen LogP contribution in [0, 0.1) is 11.3 Å². The average Bonchev–Trinajstić information content (AvgIpc) is 3.09. The predicted molar refractivity (Wildman–Crippen MR) is 135 cm³/mol. The van der Waals surface area contributed by atoms with Crippen LogP contribution in [0.1, 0.15) is 61.6 Å². The highest BCUT2D eigenvalue weighted by Crippen LogP contribution is 2.50. The SMILES string of the molecule is CN(C)[C@]1(c2ccccc2)CC[C@@]2(CC1)CN(Cc1cccc(C#N)c1)C(=O)N2CC1(O)CCC1. The molecule has 2 amide bonds. The predicted octanol–water partition coefficient (Wildman–Crippen LogP) is 4.48. The van der Waals surface area contributed by atoms with Crippen LogP contribution >= 0.6 is 0 Å². The Hall–Kier alpha value is -2.88.